The first-order chi connectivity index (χ1) is 7.99. The van der Waals surface area contributed by atoms with Crippen molar-refractivity contribution in [2.45, 2.75) is 32.1 Å². The lowest BCUT2D eigenvalue weighted by molar-refractivity contribution is 0.574. The maximum absolute atomic E-state index is 12.0. The Morgan fingerprint density at radius 3 is 2.53 bits per heavy atom. The molecule has 0 atom stereocenters. The van der Waals surface area contributed by atoms with Crippen molar-refractivity contribution in [2.24, 2.45) is 0 Å². The fraction of sp³-hybridized carbons (Fsp3) is 0.700. The molecule has 1 aromatic rings. The van der Waals surface area contributed by atoms with Crippen LogP contribution in [-0.2, 0) is 10.0 Å². The molecule has 7 heteroatoms. The molecule has 1 rings (SSSR count). The van der Waals surface area contributed by atoms with E-state index >= 15 is 0 Å². The standard InChI is InChI=1S/C10H20N4O2S/c1-4-11-6-5-7-12-17(15,16)10-8(2)13-14-9(10)3/h11-12H,4-7H2,1-3H3,(H,13,14). The van der Waals surface area contributed by atoms with Crippen LogP contribution in [0, 0.1) is 13.8 Å². The van der Waals surface area contributed by atoms with Gasteiger partial charge in [-0.2, -0.15) is 5.10 Å². The molecule has 3 N–H and O–H groups in total. The quantitative estimate of drug-likeness (QED) is 0.616. The molecule has 0 aliphatic carbocycles. The number of sulfonamides is 1. The smallest absolute Gasteiger partial charge is 0.244 e. The van der Waals surface area contributed by atoms with E-state index in [9.17, 15) is 8.42 Å². The number of aromatic amines is 1. The highest BCUT2D eigenvalue weighted by molar-refractivity contribution is 7.89. The summed E-state index contributed by atoms with van der Waals surface area (Å²) >= 11 is 0. The SMILES string of the molecule is CCNCCCNS(=O)(=O)c1c(C)n[nH]c1C. The number of rotatable bonds is 7. The third kappa shape index (κ3) is 3.79. The summed E-state index contributed by atoms with van der Waals surface area (Å²) in [5, 5.41) is 9.69. The van der Waals surface area contributed by atoms with Gasteiger partial charge >= 0.3 is 0 Å². The molecule has 98 valence electrons. The lowest BCUT2D eigenvalue weighted by Crippen LogP contribution is -2.28. The fourth-order valence-corrected chi connectivity index (χ4v) is 3.05. The van der Waals surface area contributed by atoms with Crippen LogP contribution in [0.1, 0.15) is 24.7 Å². The molecular weight excluding hydrogens is 240 g/mol. The summed E-state index contributed by atoms with van der Waals surface area (Å²) < 4.78 is 26.5. The highest BCUT2D eigenvalue weighted by atomic mass is 32.2. The highest BCUT2D eigenvalue weighted by Gasteiger charge is 2.21. The molecule has 0 aromatic carbocycles. The topological polar surface area (TPSA) is 86.9 Å². The van der Waals surface area contributed by atoms with Crippen LogP contribution in [0.3, 0.4) is 0 Å². The zero-order chi connectivity index (χ0) is 12.9. The first kappa shape index (κ1) is 14.1. The minimum Gasteiger partial charge on any atom is -0.317 e. The lowest BCUT2D eigenvalue weighted by Gasteiger charge is -2.06. The summed E-state index contributed by atoms with van der Waals surface area (Å²) in [6.07, 6.45) is 0.767. The van der Waals surface area contributed by atoms with Crippen LogP contribution in [0.2, 0.25) is 0 Å². The molecule has 0 saturated carbocycles. The Balaban J connectivity index is 2.58. The second kappa shape index (κ2) is 6.13. The molecule has 0 fully saturated rings. The number of H-pyrrole nitrogens is 1. The lowest BCUT2D eigenvalue weighted by atomic mass is 10.4. The third-order valence-electron chi connectivity index (χ3n) is 2.40. The summed E-state index contributed by atoms with van der Waals surface area (Å²) in [6.45, 7) is 7.53. The van der Waals surface area contributed by atoms with Gasteiger partial charge in [-0.25, -0.2) is 13.1 Å². The van der Waals surface area contributed by atoms with Crippen molar-refractivity contribution in [2.75, 3.05) is 19.6 Å². The second-order valence-electron chi connectivity index (χ2n) is 3.87. The van der Waals surface area contributed by atoms with Gasteiger partial charge in [0.2, 0.25) is 10.0 Å². The van der Waals surface area contributed by atoms with Gasteiger partial charge in [-0.3, -0.25) is 5.10 Å². The highest BCUT2D eigenvalue weighted by Crippen LogP contribution is 2.15. The van der Waals surface area contributed by atoms with Crippen LogP contribution in [0.4, 0.5) is 0 Å². The maximum atomic E-state index is 12.0. The van der Waals surface area contributed by atoms with Crippen LogP contribution in [0.5, 0.6) is 0 Å². The predicted octanol–water partition coefficient (Wildman–Crippen LogP) is 0.304. The number of aromatic nitrogens is 2. The van der Waals surface area contributed by atoms with Gasteiger partial charge in [-0.05, 0) is 33.4 Å². The van der Waals surface area contributed by atoms with Gasteiger partial charge in [0.05, 0.1) is 11.4 Å². The molecule has 1 heterocycles. The molecule has 17 heavy (non-hydrogen) atoms. The number of nitrogens with zero attached hydrogens (tertiary/aromatic N) is 1. The van der Waals surface area contributed by atoms with Gasteiger partial charge in [0, 0.05) is 6.54 Å². The van der Waals surface area contributed by atoms with Crippen molar-refractivity contribution in [1.29, 1.82) is 0 Å². The van der Waals surface area contributed by atoms with E-state index < -0.39 is 10.0 Å². The molecule has 0 aliphatic heterocycles. The monoisotopic (exact) mass is 260 g/mol. The average molecular weight is 260 g/mol. The summed E-state index contributed by atoms with van der Waals surface area (Å²) in [4.78, 5) is 0.265. The molecule has 0 radical (unpaired) electrons. The van der Waals surface area contributed by atoms with Crippen LogP contribution in [0.25, 0.3) is 0 Å². The van der Waals surface area contributed by atoms with E-state index in [-0.39, 0.29) is 4.90 Å². The van der Waals surface area contributed by atoms with Gasteiger partial charge in [-0.15, -0.1) is 0 Å². The van der Waals surface area contributed by atoms with Gasteiger partial charge in [0.25, 0.3) is 0 Å². The van der Waals surface area contributed by atoms with Gasteiger partial charge in [0.1, 0.15) is 4.90 Å². The first-order valence-electron chi connectivity index (χ1n) is 5.71. The van der Waals surface area contributed by atoms with Gasteiger partial charge < -0.3 is 5.32 Å². The normalized spacial score (nSPS) is 11.9. The zero-order valence-corrected chi connectivity index (χ0v) is 11.3. The van der Waals surface area contributed by atoms with Crippen LogP contribution in [-0.4, -0.2) is 38.2 Å². The van der Waals surface area contributed by atoms with Crippen molar-refractivity contribution < 1.29 is 8.42 Å². The Kier molecular flexibility index (Phi) is 5.10. The van der Waals surface area contributed by atoms with Gasteiger partial charge in [-0.1, -0.05) is 6.92 Å². The molecular formula is C10H20N4O2S. The Bertz CT molecular complexity index is 433. The summed E-state index contributed by atoms with van der Waals surface area (Å²) in [7, 11) is -3.44. The predicted molar refractivity (Wildman–Crippen MR) is 66.4 cm³/mol. The molecule has 0 saturated heterocycles. The number of hydrogen-bond acceptors (Lipinski definition) is 4. The van der Waals surface area contributed by atoms with Crippen molar-refractivity contribution in [1.82, 2.24) is 20.2 Å². The van der Waals surface area contributed by atoms with Crippen LogP contribution < -0.4 is 10.0 Å². The Morgan fingerprint density at radius 2 is 2.00 bits per heavy atom. The molecule has 0 bridgehead atoms. The molecule has 0 amide bonds. The van der Waals surface area contributed by atoms with Crippen molar-refractivity contribution >= 4 is 10.0 Å². The van der Waals surface area contributed by atoms with E-state index in [1.807, 2.05) is 6.92 Å². The van der Waals surface area contributed by atoms with E-state index in [0.717, 1.165) is 19.5 Å². The zero-order valence-electron chi connectivity index (χ0n) is 10.5. The van der Waals surface area contributed by atoms with Crippen LogP contribution in [0.15, 0.2) is 4.90 Å². The van der Waals surface area contributed by atoms with Crippen molar-refractivity contribution in [3.05, 3.63) is 11.4 Å². The molecule has 6 nitrogen and oxygen atoms in total. The van der Waals surface area contributed by atoms with Crippen molar-refractivity contribution in [3.8, 4) is 0 Å². The second-order valence-corrected chi connectivity index (χ2v) is 5.57. The Morgan fingerprint density at radius 1 is 1.29 bits per heavy atom. The van der Waals surface area contributed by atoms with Crippen molar-refractivity contribution in [3.63, 3.8) is 0 Å². The third-order valence-corrected chi connectivity index (χ3v) is 4.12. The number of nitrogens with one attached hydrogen (secondary N) is 3. The molecule has 0 spiro atoms. The largest absolute Gasteiger partial charge is 0.317 e. The number of hydrogen-bond donors (Lipinski definition) is 3. The first-order valence-corrected chi connectivity index (χ1v) is 7.19. The van der Waals surface area contributed by atoms with Crippen LogP contribution >= 0.6 is 0 Å². The minimum absolute atomic E-state index is 0.265. The van der Waals surface area contributed by atoms with Gasteiger partial charge in [0.15, 0.2) is 0 Å². The minimum atomic E-state index is -3.44. The van der Waals surface area contributed by atoms with E-state index in [0.29, 0.717) is 17.9 Å². The molecule has 0 aliphatic rings. The fourth-order valence-electron chi connectivity index (χ4n) is 1.61. The average Bonchev–Trinajstić information content (AvgIpc) is 2.58. The maximum Gasteiger partial charge on any atom is 0.244 e. The van der Waals surface area contributed by atoms with E-state index in [1.165, 1.54) is 0 Å². The van der Waals surface area contributed by atoms with E-state index in [2.05, 4.69) is 20.2 Å². The Hall–Kier alpha value is -0.920. The molecule has 0 unspecified atom stereocenters. The molecule has 1 aromatic heterocycles. The Labute approximate surface area is 102 Å². The summed E-state index contributed by atoms with van der Waals surface area (Å²) in [6, 6.07) is 0. The van der Waals surface area contributed by atoms with E-state index in [1.54, 1.807) is 13.8 Å². The number of aryl methyl sites for hydroxylation is 2. The summed E-state index contributed by atoms with van der Waals surface area (Å²) in [5.74, 6) is 0. The summed E-state index contributed by atoms with van der Waals surface area (Å²) in [5.41, 5.74) is 1.07. The van der Waals surface area contributed by atoms with E-state index in [4.69, 9.17) is 0 Å².